The summed E-state index contributed by atoms with van der Waals surface area (Å²) in [4.78, 5) is 0. The van der Waals surface area contributed by atoms with E-state index < -0.39 is 0 Å². The zero-order valence-electron chi connectivity index (χ0n) is 13.0. The summed E-state index contributed by atoms with van der Waals surface area (Å²) >= 11 is 6.02. The van der Waals surface area contributed by atoms with Gasteiger partial charge in [0.15, 0.2) is 0 Å². The molecule has 22 heavy (non-hydrogen) atoms. The van der Waals surface area contributed by atoms with Gasteiger partial charge in [-0.25, -0.2) is 0 Å². The van der Waals surface area contributed by atoms with Gasteiger partial charge in [0.05, 0.1) is 26.4 Å². The molecule has 2 aromatic carbocycles. The van der Waals surface area contributed by atoms with E-state index >= 15 is 0 Å². The van der Waals surface area contributed by atoms with Crippen LogP contribution in [0.3, 0.4) is 0 Å². The Hall–Kier alpha value is -1.91. The highest BCUT2D eigenvalue weighted by Gasteiger charge is 2.06. The number of ether oxygens (including phenoxy) is 3. The largest absolute Gasteiger partial charge is 0.497 e. The number of methoxy groups -OCH3 is 3. The number of halogens is 1. The van der Waals surface area contributed by atoms with Crippen molar-refractivity contribution >= 4 is 11.6 Å². The van der Waals surface area contributed by atoms with E-state index in [1.54, 1.807) is 21.3 Å². The van der Waals surface area contributed by atoms with E-state index in [1.165, 1.54) is 0 Å². The van der Waals surface area contributed by atoms with Gasteiger partial charge in [-0.2, -0.15) is 0 Å². The van der Waals surface area contributed by atoms with E-state index in [1.807, 2.05) is 36.4 Å². The van der Waals surface area contributed by atoms with Gasteiger partial charge in [0.2, 0.25) is 0 Å². The zero-order valence-corrected chi connectivity index (χ0v) is 13.7. The van der Waals surface area contributed by atoms with Crippen molar-refractivity contribution in [1.29, 1.82) is 0 Å². The van der Waals surface area contributed by atoms with Crippen molar-refractivity contribution in [2.24, 2.45) is 0 Å². The molecule has 0 aliphatic rings. The molecule has 4 nitrogen and oxygen atoms in total. The Labute approximate surface area is 136 Å². The molecule has 118 valence electrons. The SMILES string of the molecule is COc1ccc(CNCc2ccc(Cl)c(OC)c2)c(OC)c1. The lowest BCUT2D eigenvalue weighted by molar-refractivity contribution is 0.389. The second-order valence-corrected chi connectivity index (χ2v) is 5.16. The third-order valence-corrected chi connectivity index (χ3v) is 3.67. The van der Waals surface area contributed by atoms with Gasteiger partial charge in [-0.1, -0.05) is 23.7 Å². The van der Waals surface area contributed by atoms with E-state index in [4.69, 9.17) is 25.8 Å². The van der Waals surface area contributed by atoms with Crippen molar-refractivity contribution in [3.05, 3.63) is 52.5 Å². The molecule has 0 atom stereocenters. The van der Waals surface area contributed by atoms with Crippen LogP contribution in [-0.2, 0) is 13.1 Å². The highest BCUT2D eigenvalue weighted by atomic mass is 35.5. The van der Waals surface area contributed by atoms with E-state index in [0.29, 0.717) is 23.9 Å². The summed E-state index contributed by atoms with van der Waals surface area (Å²) in [6, 6.07) is 11.5. The quantitative estimate of drug-likeness (QED) is 0.845. The first kappa shape index (κ1) is 16.5. The van der Waals surface area contributed by atoms with Gasteiger partial charge >= 0.3 is 0 Å². The molecule has 0 aromatic heterocycles. The Kier molecular flexibility index (Phi) is 5.92. The molecule has 0 saturated heterocycles. The molecule has 0 amide bonds. The minimum atomic E-state index is 0.614. The molecule has 0 radical (unpaired) electrons. The Morgan fingerprint density at radius 2 is 1.64 bits per heavy atom. The van der Waals surface area contributed by atoms with Crippen LogP contribution in [0.25, 0.3) is 0 Å². The summed E-state index contributed by atoms with van der Waals surface area (Å²) < 4.78 is 15.8. The molecule has 0 fully saturated rings. The standard InChI is InChI=1S/C17H20ClNO3/c1-20-14-6-5-13(16(9-14)21-2)11-19-10-12-4-7-15(18)17(8-12)22-3/h4-9,19H,10-11H2,1-3H3. The van der Waals surface area contributed by atoms with Crippen molar-refractivity contribution in [3.63, 3.8) is 0 Å². The number of rotatable bonds is 7. The predicted octanol–water partition coefficient (Wildman–Crippen LogP) is 3.66. The van der Waals surface area contributed by atoms with E-state index in [0.717, 1.165) is 22.6 Å². The van der Waals surface area contributed by atoms with Crippen LogP contribution in [0, 0.1) is 0 Å². The lowest BCUT2D eigenvalue weighted by Gasteiger charge is -2.12. The van der Waals surface area contributed by atoms with Crippen molar-refractivity contribution in [2.75, 3.05) is 21.3 Å². The summed E-state index contributed by atoms with van der Waals surface area (Å²) in [5, 5.41) is 4.00. The zero-order chi connectivity index (χ0) is 15.9. The van der Waals surface area contributed by atoms with Crippen molar-refractivity contribution in [1.82, 2.24) is 5.32 Å². The summed E-state index contributed by atoms with van der Waals surface area (Å²) in [6.45, 7) is 1.40. The Balaban J connectivity index is 1.99. The van der Waals surface area contributed by atoms with Crippen molar-refractivity contribution in [3.8, 4) is 17.2 Å². The maximum atomic E-state index is 6.02. The number of benzene rings is 2. The highest BCUT2D eigenvalue weighted by Crippen LogP contribution is 2.26. The van der Waals surface area contributed by atoms with Crippen LogP contribution in [0.15, 0.2) is 36.4 Å². The molecule has 0 bridgehead atoms. The first-order chi connectivity index (χ1) is 10.7. The van der Waals surface area contributed by atoms with Crippen molar-refractivity contribution in [2.45, 2.75) is 13.1 Å². The van der Waals surface area contributed by atoms with Gasteiger partial charge in [-0.3, -0.25) is 0 Å². The third-order valence-electron chi connectivity index (χ3n) is 3.35. The van der Waals surface area contributed by atoms with Crippen LogP contribution in [-0.4, -0.2) is 21.3 Å². The van der Waals surface area contributed by atoms with E-state index in [2.05, 4.69) is 5.32 Å². The normalized spacial score (nSPS) is 10.4. The van der Waals surface area contributed by atoms with Crippen LogP contribution in [0.4, 0.5) is 0 Å². The van der Waals surface area contributed by atoms with Gasteiger partial charge < -0.3 is 19.5 Å². The Morgan fingerprint density at radius 3 is 2.32 bits per heavy atom. The molecule has 1 N–H and O–H groups in total. The number of hydrogen-bond acceptors (Lipinski definition) is 4. The summed E-state index contributed by atoms with van der Waals surface area (Å²) in [6.07, 6.45) is 0. The maximum Gasteiger partial charge on any atom is 0.137 e. The average molecular weight is 322 g/mol. The molecule has 2 rings (SSSR count). The van der Waals surface area contributed by atoms with Crippen LogP contribution < -0.4 is 19.5 Å². The van der Waals surface area contributed by atoms with Crippen LogP contribution in [0.1, 0.15) is 11.1 Å². The molecule has 0 aliphatic carbocycles. The monoisotopic (exact) mass is 321 g/mol. The smallest absolute Gasteiger partial charge is 0.137 e. The van der Waals surface area contributed by atoms with Gasteiger partial charge in [0.1, 0.15) is 17.2 Å². The van der Waals surface area contributed by atoms with Crippen molar-refractivity contribution < 1.29 is 14.2 Å². The lowest BCUT2D eigenvalue weighted by Crippen LogP contribution is -2.13. The molecular weight excluding hydrogens is 302 g/mol. The summed E-state index contributed by atoms with van der Waals surface area (Å²) in [5.74, 6) is 2.27. The predicted molar refractivity (Wildman–Crippen MR) is 88.1 cm³/mol. The van der Waals surface area contributed by atoms with Gasteiger partial charge in [-0.15, -0.1) is 0 Å². The second-order valence-electron chi connectivity index (χ2n) is 4.75. The van der Waals surface area contributed by atoms with Gasteiger partial charge in [-0.05, 0) is 23.8 Å². The fourth-order valence-electron chi connectivity index (χ4n) is 2.15. The van der Waals surface area contributed by atoms with Gasteiger partial charge in [0, 0.05) is 24.7 Å². The molecule has 0 aliphatic heterocycles. The lowest BCUT2D eigenvalue weighted by atomic mass is 10.1. The van der Waals surface area contributed by atoms with E-state index in [9.17, 15) is 0 Å². The number of hydrogen-bond donors (Lipinski definition) is 1. The van der Waals surface area contributed by atoms with Crippen LogP contribution in [0.2, 0.25) is 5.02 Å². The Morgan fingerprint density at radius 1 is 0.864 bits per heavy atom. The fraction of sp³-hybridized carbons (Fsp3) is 0.294. The first-order valence-corrected chi connectivity index (χ1v) is 7.29. The van der Waals surface area contributed by atoms with E-state index in [-0.39, 0.29) is 0 Å². The number of nitrogens with one attached hydrogen (secondary N) is 1. The average Bonchev–Trinajstić information content (AvgIpc) is 2.56. The summed E-state index contributed by atoms with van der Waals surface area (Å²) in [5.41, 5.74) is 2.18. The van der Waals surface area contributed by atoms with Crippen LogP contribution in [0.5, 0.6) is 17.2 Å². The molecular formula is C17H20ClNO3. The third kappa shape index (κ3) is 4.06. The molecule has 2 aromatic rings. The second kappa shape index (κ2) is 7.92. The summed E-state index contributed by atoms with van der Waals surface area (Å²) in [7, 11) is 4.91. The molecule has 0 heterocycles. The Bertz CT molecular complexity index is 631. The highest BCUT2D eigenvalue weighted by molar-refractivity contribution is 6.32. The first-order valence-electron chi connectivity index (χ1n) is 6.92. The fourth-order valence-corrected chi connectivity index (χ4v) is 2.35. The van der Waals surface area contributed by atoms with Crippen LogP contribution >= 0.6 is 11.6 Å². The molecule has 0 unspecified atom stereocenters. The minimum absolute atomic E-state index is 0.614. The molecule has 5 heteroatoms. The van der Waals surface area contributed by atoms with Gasteiger partial charge in [0.25, 0.3) is 0 Å². The maximum absolute atomic E-state index is 6.02. The molecule has 0 saturated carbocycles. The molecule has 0 spiro atoms. The minimum Gasteiger partial charge on any atom is -0.497 e. The topological polar surface area (TPSA) is 39.7 Å².